The highest BCUT2D eigenvalue weighted by Crippen LogP contribution is 2.17. The molecule has 1 rings (SSSR count). The molecule has 0 saturated heterocycles. The summed E-state index contributed by atoms with van der Waals surface area (Å²) in [6, 6.07) is 4.41. The number of nitrogens with two attached hydrogens (primary N) is 1. The number of aryl methyl sites for hydroxylation is 3. The third-order valence-electron chi connectivity index (χ3n) is 3.06. The van der Waals surface area contributed by atoms with Crippen molar-refractivity contribution in [3.05, 3.63) is 34.4 Å². The lowest BCUT2D eigenvalue weighted by atomic mass is 9.99. The summed E-state index contributed by atoms with van der Waals surface area (Å²) in [4.78, 5) is 2.11. The molecule has 0 aliphatic carbocycles. The minimum absolute atomic E-state index is 0.316. The van der Waals surface area contributed by atoms with Crippen molar-refractivity contribution < 1.29 is 5.11 Å². The molecule has 3 nitrogen and oxygen atoms in total. The number of benzene rings is 1. The van der Waals surface area contributed by atoms with Crippen LogP contribution in [0, 0.1) is 20.8 Å². The first-order valence-corrected chi connectivity index (χ1v) is 6.07. The number of likely N-dealkylation sites (N-methyl/N-ethyl adjacent to an activating group) is 1. The monoisotopic (exact) mass is 236 g/mol. The smallest absolute Gasteiger partial charge is 0.0789 e. The first kappa shape index (κ1) is 14.2. The second-order valence-electron chi connectivity index (χ2n) is 4.96. The molecule has 96 valence electrons. The second-order valence-corrected chi connectivity index (χ2v) is 4.96. The van der Waals surface area contributed by atoms with Gasteiger partial charge in [0.05, 0.1) is 6.10 Å². The third-order valence-corrected chi connectivity index (χ3v) is 3.06. The van der Waals surface area contributed by atoms with Crippen LogP contribution < -0.4 is 5.73 Å². The molecule has 17 heavy (non-hydrogen) atoms. The lowest BCUT2D eigenvalue weighted by Crippen LogP contribution is -2.34. The van der Waals surface area contributed by atoms with Crippen LogP contribution in [0.4, 0.5) is 0 Å². The summed E-state index contributed by atoms with van der Waals surface area (Å²) >= 11 is 0. The fraction of sp³-hybridized carbons (Fsp3) is 0.571. The van der Waals surface area contributed by atoms with E-state index in [1.165, 1.54) is 22.3 Å². The molecule has 1 unspecified atom stereocenters. The van der Waals surface area contributed by atoms with Gasteiger partial charge in [0.2, 0.25) is 0 Å². The topological polar surface area (TPSA) is 49.5 Å². The third kappa shape index (κ3) is 4.11. The Kier molecular flexibility index (Phi) is 5.12. The molecule has 0 saturated carbocycles. The lowest BCUT2D eigenvalue weighted by Gasteiger charge is -2.22. The van der Waals surface area contributed by atoms with Gasteiger partial charge in [0.15, 0.2) is 0 Å². The SMILES string of the molecule is Cc1cc(C)c(CN(C)CC(O)CN)c(C)c1. The highest BCUT2D eigenvalue weighted by molar-refractivity contribution is 5.37. The molecular weight excluding hydrogens is 212 g/mol. The summed E-state index contributed by atoms with van der Waals surface area (Å²) < 4.78 is 0. The molecule has 3 heteroatoms. The largest absolute Gasteiger partial charge is 0.390 e. The second kappa shape index (κ2) is 6.15. The molecule has 0 radical (unpaired) electrons. The zero-order chi connectivity index (χ0) is 13.0. The number of aliphatic hydroxyl groups excluding tert-OH is 1. The van der Waals surface area contributed by atoms with Crippen molar-refractivity contribution >= 4 is 0 Å². The van der Waals surface area contributed by atoms with Gasteiger partial charge in [-0.1, -0.05) is 17.7 Å². The summed E-state index contributed by atoms with van der Waals surface area (Å²) in [5.74, 6) is 0. The Morgan fingerprint density at radius 1 is 1.24 bits per heavy atom. The van der Waals surface area contributed by atoms with Gasteiger partial charge in [-0.05, 0) is 44.5 Å². The molecule has 0 amide bonds. The summed E-state index contributed by atoms with van der Waals surface area (Å²) in [6.45, 7) is 8.19. The van der Waals surface area contributed by atoms with Crippen molar-refractivity contribution in [1.82, 2.24) is 4.90 Å². The molecule has 3 N–H and O–H groups in total. The molecule has 1 aromatic carbocycles. The van der Waals surface area contributed by atoms with Gasteiger partial charge in [0.1, 0.15) is 0 Å². The van der Waals surface area contributed by atoms with E-state index in [0.717, 1.165) is 6.54 Å². The Labute approximate surface area is 104 Å². The minimum Gasteiger partial charge on any atom is -0.390 e. The van der Waals surface area contributed by atoms with E-state index in [4.69, 9.17) is 5.73 Å². The number of nitrogens with zero attached hydrogens (tertiary/aromatic N) is 1. The van der Waals surface area contributed by atoms with Gasteiger partial charge in [0, 0.05) is 19.6 Å². The van der Waals surface area contributed by atoms with Crippen LogP contribution in [0.2, 0.25) is 0 Å². The molecule has 0 fully saturated rings. The molecule has 1 atom stereocenters. The van der Waals surface area contributed by atoms with Crippen molar-refractivity contribution in [3.8, 4) is 0 Å². The van der Waals surface area contributed by atoms with Crippen LogP contribution >= 0.6 is 0 Å². The van der Waals surface area contributed by atoms with E-state index in [2.05, 4.69) is 37.8 Å². The maximum atomic E-state index is 9.52. The lowest BCUT2D eigenvalue weighted by molar-refractivity contribution is 0.129. The van der Waals surface area contributed by atoms with Gasteiger partial charge in [-0.15, -0.1) is 0 Å². The van der Waals surface area contributed by atoms with Gasteiger partial charge in [0.25, 0.3) is 0 Å². The molecule has 1 aromatic rings. The fourth-order valence-electron chi connectivity index (χ4n) is 2.23. The maximum Gasteiger partial charge on any atom is 0.0789 e. The van der Waals surface area contributed by atoms with E-state index in [-0.39, 0.29) is 0 Å². The van der Waals surface area contributed by atoms with Crippen LogP contribution in [0.25, 0.3) is 0 Å². The van der Waals surface area contributed by atoms with Crippen molar-refractivity contribution in [2.75, 3.05) is 20.1 Å². The van der Waals surface area contributed by atoms with E-state index in [1.54, 1.807) is 0 Å². The van der Waals surface area contributed by atoms with Crippen LogP contribution in [-0.4, -0.2) is 36.2 Å². The van der Waals surface area contributed by atoms with Crippen molar-refractivity contribution in [2.45, 2.75) is 33.4 Å². The van der Waals surface area contributed by atoms with Gasteiger partial charge in [-0.25, -0.2) is 0 Å². The molecule has 0 aromatic heterocycles. The number of rotatable bonds is 5. The van der Waals surface area contributed by atoms with E-state index in [9.17, 15) is 5.11 Å². The van der Waals surface area contributed by atoms with Gasteiger partial charge < -0.3 is 10.8 Å². The predicted octanol–water partition coefficient (Wildman–Crippen LogP) is 1.36. The first-order valence-electron chi connectivity index (χ1n) is 6.07. The molecule has 0 heterocycles. The van der Waals surface area contributed by atoms with Crippen molar-refractivity contribution in [2.24, 2.45) is 5.73 Å². The minimum atomic E-state index is -0.439. The average Bonchev–Trinajstić information content (AvgIpc) is 2.23. The fourth-order valence-corrected chi connectivity index (χ4v) is 2.23. The summed E-state index contributed by atoms with van der Waals surface area (Å²) in [6.07, 6.45) is -0.439. The average molecular weight is 236 g/mol. The van der Waals surface area contributed by atoms with E-state index in [1.807, 2.05) is 7.05 Å². The van der Waals surface area contributed by atoms with Crippen LogP contribution in [0.1, 0.15) is 22.3 Å². The molecule has 0 aliphatic heterocycles. The van der Waals surface area contributed by atoms with Gasteiger partial charge in [-0.2, -0.15) is 0 Å². The number of aliphatic hydroxyl groups is 1. The quantitative estimate of drug-likeness (QED) is 0.811. The Balaban J connectivity index is 2.74. The van der Waals surface area contributed by atoms with Crippen LogP contribution in [0.15, 0.2) is 12.1 Å². The van der Waals surface area contributed by atoms with Crippen molar-refractivity contribution in [3.63, 3.8) is 0 Å². The normalized spacial score (nSPS) is 13.1. The Bertz CT molecular complexity index is 353. The molecular formula is C14H24N2O. The molecule has 0 aliphatic rings. The highest BCUT2D eigenvalue weighted by atomic mass is 16.3. The van der Waals surface area contributed by atoms with E-state index >= 15 is 0 Å². The van der Waals surface area contributed by atoms with E-state index in [0.29, 0.717) is 13.1 Å². The summed E-state index contributed by atoms with van der Waals surface area (Å²) in [5.41, 5.74) is 10.7. The van der Waals surface area contributed by atoms with Crippen molar-refractivity contribution in [1.29, 1.82) is 0 Å². The Morgan fingerprint density at radius 3 is 2.24 bits per heavy atom. The predicted molar refractivity (Wildman–Crippen MR) is 72.0 cm³/mol. The number of hydrogen-bond donors (Lipinski definition) is 2. The van der Waals surface area contributed by atoms with Crippen LogP contribution in [0.5, 0.6) is 0 Å². The standard InChI is InChI=1S/C14H24N2O/c1-10-5-11(2)14(12(3)6-10)9-16(4)8-13(17)7-15/h5-6,13,17H,7-9,15H2,1-4H3. The Morgan fingerprint density at radius 2 is 1.76 bits per heavy atom. The zero-order valence-corrected chi connectivity index (χ0v) is 11.3. The number of hydrogen-bond acceptors (Lipinski definition) is 3. The molecule has 0 spiro atoms. The highest BCUT2D eigenvalue weighted by Gasteiger charge is 2.10. The van der Waals surface area contributed by atoms with E-state index < -0.39 is 6.10 Å². The molecule has 0 bridgehead atoms. The maximum absolute atomic E-state index is 9.52. The van der Waals surface area contributed by atoms with Gasteiger partial charge in [-0.3, -0.25) is 4.90 Å². The summed E-state index contributed by atoms with van der Waals surface area (Å²) in [5, 5.41) is 9.52. The van der Waals surface area contributed by atoms with Crippen LogP contribution in [-0.2, 0) is 6.54 Å². The summed E-state index contributed by atoms with van der Waals surface area (Å²) in [7, 11) is 2.01. The van der Waals surface area contributed by atoms with Crippen LogP contribution in [0.3, 0.4) is 0 Å². The zero-order valence-electron chi connectivity index (χ0n) is 11.3. The van der Waals surface area contributed by atoms with Gasteiger partial charge >= 0.3 is 0 Å². The first-order chi connectivity index (χ1) is 7.93. The Hall–Kier alpha value is -0.900.